The Kier molecular flexibility index (Phi) is 3.71. The molecule has 0 unspecified atom stereocenters. The van der Waals surface area contributed by atoms with E-state index in [1.165, 1.54) is 4.88 Å². The fraction of sp³-hybridized carbons (Fsp3) is 0.273. The van der Waals surface area contributed by atoms with Gasteiger partial charge in [-0.1, -0.05) is 0 Å². The first-order valence-electron chi connectivity index (χ1n) is 5.09. The van der Waals surface area contributed by atoms with E-state index in [0.29, 0.717) is 6.61 Å². The Hall–Kier alpha value is -1.62. The van der Waals surface area contributed by atoms with Crippen molar-refractivity contribution in [3.05, 3.63) is 34.9 Å². The molecule has 2 rings (SSSR count). The number of nitrogens with one attached hydrogen (secondary N) is 1. The molecule has 0 saturated heterocycles. The third-order valence-corrected chi connectivity index (χ3v) is 2.76. The van der Waals surface area contributed by atoms with Crippen LogP contribution in [0.25, 0.3) is 0 Å². The van der Waals surface area contributed by atoms with Gasteiger partial charge in [-0.15, -0.1) is 11.3 Å². The number of pyridine rings is 1. The van der Waals surface area contributed by atoms with Crippen molar-refractivity contribution in [2.24, 2.45) is 0 Å². The molecule has 1 N–H and O–H groups in total. The van der Waals surface area contributed by atoms with Gasteiger partial charge in [0, 0.05) is 17.3 Å². The summed E-state index contributed by atoms with van der Waals surface area (Å²) in [5.41, 5.74) is 1.82. The lowest BCUT2D eigenvalue weighted by Crippen LogP contribution is -2.03. The molecule has 84 valence electrons. The van der Waals surface area contributed by atoms with Crippen molar-refractivity contribution >= 4 is 17.2 Å². The van der Waals surface area contributed by atoms with Crippen molar-refractivity contribution in [3.8, 4) is 5.75 Å². The fourth-order valence-electron chi connectivity index (χ4n) is 1.30. The topological polar surface area (TPSA) is 47.0 Å². The zero-order chi connectivity index (χ0) is 11.2. The molecule has 0 atom stereocenters. The molecule has 0 aliphatic carbocycles. The molecule has 0 aliphatic heterocycles. The first-order chi connectivity index (χ1) is 7.90. The molecule has 16 heavy (non-hydrogen) atoms. The van der Waals surface area contributed by atoms with Gasteiger partial charge in [0.05, 0.1) is 18.7 Å². The number of rotatable bonds is 5. The lowest BCUT2D eigenvalue weighted by molar-refractivity contribution is 0.340. The van der Waals surface area contributed by atoms with E-state index < -0.39 is 0 Å². The molecule has 2 aromatic rings. The van der Waals surface area contributed by atoms with Gasteiger partial charge in [-0.3, -0.25) is 4.98 Å². The normalized spacial score (nSPS) is 10.1. The summed E-state index contributed by atoms with van der Waals surface area (Å²) in [6, 6.07) is 3.77. The highest BCUT2D eigenvalue weighted by Gasteiger charge is 2.03. The standard InChI is InChI=1S/C11H13N3OS/c1-2-15-10-4-3-5-13-11(10)14-7-9-6-12-8-16-9/h3-6,8H,2,7H2,1H3,(H,13,14). The van der Waals surface area contributed by atoms with Gasteiger partial charge in [-0.2, -0.15) is 0 Å². The zero-order valence-electron chi connectivity index (χ0n) is 9.01. The van der Waals surface area contributed by atoms with E-state index in [0.717, 1.165) is 18.1 Å². The van der Waals surface area contributed by atoms with E-state index >= 15 is 0 Å². The van der Waals surface area contributed by atoms with Crippen molar-refractivity contribution in [1.82, 2.24) is 9.97 Å². The van der Waals surface area contributed by atoms with Gasteiger partial charge in [0.2, 0.25) is 0 Å². The summed E-state index contributed by atoms with van der Waals surface area (Å²) in [5, 5.41) is 3.23. The van der Waals surface area contributed by atoms with Crippen molar-refractivity contribution in [2.45, 2.75) is 13.5 Å². The van der Waals surface area contributed by atoms with E-state index in [4.69, 9.17) is 4.74 Å². The van der Waals surface area contributed by atoms with Crippen LogP contribution in [0.5, 0.6) is 5.75 Å². The summed E-state index contributed by atoms with van der Waals surface area (Å²) in [7, 11) is 0. The van der Waals surface area contributed by atoms with Crippen LogP contribution in [0.3, 0.4) is 0 Å². The molecule has 0 amide bonds. The summed E-state index contributed by atoms with van der Waals surface area (Å²) in [6.45, 7) is 3.32. The molecule has 0 spiro atoms. The molecule has 0 fully saturated rings. The van der Waals surface area contributed by atoms with Crippen LogP contribution in [0.1, 0.15) is 11.8 Å². The van der Waals surface area contributed by atoms with Gasteiger partial charge in [0.25, 0.3) is 0 Å². The Morgan fingerprint density at radius 3 is 3.19 bits per heavy atom. The highest BCUT2D eigenvalue weighted by atomic mass is 32.1. The monoisotopic (exact) mass is 235 g/mol. The number of anilines is 1. The molecule has 0 aromatic carbocycles. The van der Waals surface area contributed by atoms with E-state index in [-0.39, 0.29) is 0 Å². The number of hydrogen-bond donors (Lipinski definition) is 1. The van der Waals surface area contributed by atoms with Crippen LogP contribution in [0.2, 0.25) is 0 Å². The van der Waals surface area contributed by atoms with Gasteiger partial charge < -0.3 is 10.1 Å². The molecule has 0 saturated carbocycles. The molecule has 0 bridgehead atoms. The number of ether oxygens (including phenoxy) is 1. The van der Waals surface area contributed by atoms with Crippen LogP contribution in [0.4, 0.5) is 5.82 Å². The second-order valence-corrected chi connectivity index (χ2v) is 4.08. The van der Waals surface area contributed by atoms with E-state index in [9.17, 15) is 0 Å². The van der Waals surface area contributed by atoms with E-state index in [1.807, 2.05) is 30.8 Å². The number of aromatic nitrogens is 2. The highest BCUT2D eigenvalue weighted by molar-refractivity contribution is 7.09. The predicted octanol–water partition coefficient (Wildman–Crippen LogP) is 2.55. The predicted molar refractivity (Wildman–Crippen MR) is 64.8 cm³/mol. The van der Waals surface area contributed by atoms with Gasteiger partial charge >= 0.3 is 0 Å². The lowest BCUT2D eigenvalue weighted by atomic mass is 10.4. The van der Waals surface area contributed by atoms with Crippen LogP contribution in [-0.4, -0.2) is 16.6 Å². The summed E-state index contributed by atoms with van der Waals surface area (Å²) >= 11 is 1.62. The molecule has 4 nitrogen and oxygen atoms in total. The Labute approximate surface area is 98.3 Å². The average molecular weight is 235 g/mol. The Morgan fingerprint density at radius 1 is 1.50 bits per heavy atom. The molecular weight excluding hydrogens is 222 g/mol. The Morgan fingerprint density at radius 2 is 2.44 bits per heavy atom. The summed E-state index contributed by atoms with van der Waals surface area (Å²) in [6.07, 6.45) is 3.60. The highest BCUT2D eigenvalue weighted by Crippen LogP contribution is 2.21. The molecule has 2 heterocycles. The summed E-state index contributed by atoms with van der Waals surface area (Å²) < 4.78 is 5.47. The molecule has 2 aromatic heterocycles. The van der Waals surface area contributed by atoms with Gasteiger partial charge in [0.1, 0.15) is 0 Å². The summed E-state index contributed by atoms with van der Waals surface area (Å²) in [5.74, 6) is 1.56. The Balaban J connectivity index is 2.03. The van der Waals surface area contributed by atoms with Crippen LogP contribution in [0, 0.1) is 0 Å². The second-order valence-electron chi connectivity index (χ2n) is 3.10. The summed E-state index contributed by atoms with van der Waals surface area (Å²) in [4.78, 5) is 9.44. The molecule has 0 aliphatic rings. The maximum absolute atomic E-state index is 5.47. The minimum absolute atomic E-state index is 0.640. The maximum atomic E-state index is 5.47. The second kappa shape index (κ2) is 5.46. The minimum atomic E-state index is 0.640. The van der Waals surface area contributed by atoms with E-state index in [2.05, 4.69) is 15.3 Å². The van der Waals surface area contributed by atoms with Crippen molar-refractivity contribution < 1.29 is 4.74 Å². The first kappa shape index (κ1) is 10.9. The number of thiazole rings is 1. The SMILES string of the molecule is CCOc1cccnc1NCc1cncs1. The molecule has 5 heteroatoms. The van der Waals surface area contributed by atoms with Crippen LogP contribution >= 0.6 is 11.3 Å². The van der Waals surface area contributed by atoms with Gasteiger partial charge in [-0.05, 0) is 19.1 Å². The number of nitrogens with zero attached hydrogens (tertiary/aromatic N) is 2. The third kappa shape index (κ3) is 2.70. The van der Waals surface area contributed by atoms with Crippen molar-refractivity contribution in [1.29, 1.82) is 0 Å². The van der Waals surface area contributed by atoms with Crippen LogP contribution in [0.15, 0.2) is 30.0 Å². The molecular formula is C11H13N3OS. The van der Waals surface area contributed by atoms with Crippen molar-refractivity contribution in [3.63, 3.8) is 0 Å². The largest absolute Gasteiger partial charge is 0.490 e. The van der Waals surface area contributed by atoms with Gasteiger partial charge in [0.15, 0.2) is 11.6 Å². The quantitative estimate of drug-likeness (QED) is 0.865. The lowest BCUT2D eigenvalue weighted by Gasteiger charge is -2.09. The Bertz CT molecular complexity index is 431. The third-order valence-electron chi connectivity index (χ3n) is 1.98. The molecule has 0 radical (unpaired) electrons. The van der Waals surface area contributed by atoms with Crippen molar-refractivity contribution in [2.75, 3.05) is 11.9 Å². The zero-order valence-corrected chi connectivity index (χ0v) is 9.83. The average Bonchev–Trinajstić information content (AvgIpc) is 2.81. The van der Waals surface area contributed by atoms with E-state index in [1.54, 1.807) is 17.5 Å². The first-order valence-corrected chi connectivity index (χ1v) is 5.97. The number of hydrogen-bond acceptors (Lipinski definition) is 5. The van der Waals surface area contributed by atoms with Crippen LogP contribution in [-0.2, 0) is 6.54 Å². The van der Waals surface area contributed by atoms with Gasteiger partial charge in [-0.25, -0.2) is 4.98 Å². The fourth-order valence-corrected chi connectivity index (χ4v) is 1.83. The smallest absolute Gasteiger partial charge is 0.169 e. The minimum Gasteiger partial charge on any atom is -0.490 e. The maximum Gasteiger partial charge on any atom is 0.169 e. The van der Waals surface area contributed by atoms with Crippen LogP contribution < -0.4 is 10.1 Å².